The zero-order chi connectivity index (χ0) is 42.1. The zero-order valence-electron chi connectivity index (χ0n) is 38.8. The summed E-state index contributed by atoms with van der Waals surface area (Å²) >= 11 is 1.88. The van der Waals surface area contributed by atoms with Crippen molar-refractivity contribution in [1.29, 1.82) is 0 Å². The van der Waals surface area contributed by atoms with Crippen LogP contribution in [0.25, 0.3) is 0 Å². The van der Waals surface area contributed by atoms with Crippen LogP contribution in [-0.4, -0.2) is 18.3 Å². The van der Waals surface area contributed by atoms with E-state index in [-0.39, 0.29) is 5.97 Å². The van der Waals surface area contributed by atoms with Gasteiger partial charge in [0.2, 0.25) is 0 Å². The van der Waals surface area contributed by atoms with Crippen molar-refractivity contribution in [3.05, 3.63) is 59.7 Å². The number of rotatable bonds is 43. The second kappa shape index (κ2) is 40.4. The highest BCUT2D eigenvalue weighted by Crippen LogP contribution is 2.53. The number of para-hydroxylation sites is 2. The van der Waals surface area contributed by atoms with Crippen molar-refractivity contribution in [2.24, 2.45) is 0 Å². The molecule has 6 heteroatoms. The van der Waals surface area contributed by atoms with Gasteiger partial charge >= 0.3 is 13.5 Å². The van der Waals surface area contributed by atoms with Crippen LogP contribution in [0, 0.1) is 0 Å². The molecule has 0 saturated heterocycles. The molecule has 0 aliphatic rings. The van der Waals surface area contributed by atoms with Crippen LogP contribution in [0.15, 0.2) is 48.5 Å². The van der Waals surface area contributed by atoms with Gasteiger partial charge in [-0.3, -0.25) is 4.79 Å². The lowest BCUT2D eigenvalue weighted by Gasteiger charge is -2.21. The third-order valence-corrected chi connectivity index (χ3v) is 14.6. The van der Waals surface area contributed by atoms with Gasteiger partial charge in [0, 0.05) is 12.2 Å². The topological polar surface area (TPSA) is 44.8 Å². The Balaban J connectivity index is 1.75. The number of esters is 1. The van der Waals surface area contributed by atoms with Crippen molar-refractivity contribution in [1.82, 2.24) is 0 Å². The SMILES string of the molecule is CCCCCCCCCCOC(=O)CCCCCCCCCCSP(Oc1ccccc1CCCCCCCCCC)Oc1ccccc1CCCCCCCCCC. The van der Waals surface area contributed by atoms with Gasteiger partial charge in [0.1, 0.15) is 11.5 Å². The maximum atomic E-state index is 12.1. The highest BCUT2D eigenvalue weighted by molar-refractivity contribution is 8.53. The molecule has 0 fully saturated rings. The fourth-order valence-electron chi connectivity index (χ4n) is 7.79. The van der Waals surface area contributed by atoms with E-state index in [9.17, 15) is 4.79 Å². The summed E-state index contributed by atoms with van der Waals surface area (Å²) in [4.78, 5) is 12.1. The fourth-order valence-corrected chi connectivity index (χ4v) is 10.7. The summed E-state index contributed by atoms with van der Waals surface area (Å²) < 4.78 is 19.2. The molecule has 0 N–H and O–H groups in total. The summed E-state index contributed by atoms with van der Waals surface area (Å²) in [6, 6.07) is 17.4. The summed E-state index contributed by atoms with van der Waals surface area (Å²) in [7, 11) is -1.18. The van der Waals surface area contributed by atoms with E-state index in [4.69, 9.17) is 13.8 Å². The average molecular weight is 855 g/mol. The Morgan fingerprint density at radius 2 is 0.797 bits per heavy atom. The highest BCUT2D eigenvalue weighted by atomic mass is 32.7. The lowest BCUT2D eigenvalue weighted by atomic mass is 10.0. The number of benzene rings is 2. The molecule has 0 atom stereocenters. The van der Waals surface area contributed by atoms with Crippen molar-refractivity contribution in [2.45, 2.75) is 245 Å². The Labute approximate surface area is 370 Å². The minimum Gasteiger partial charge on any atom is -0.466 e. The molecule has 2 aromatic carbocycles. The van der Waals surface area contributed by atoms with E-state index in [1.807, 2.05) is 11.4 Å². The summed E-state index contributed by atoms with van der Waals surface area (Å²) in [6.07, 6.45) is 43.7. The summed E-state index contributed by atoms with van der Waals surface area (Å²) in [5.74, 6) is 3.06. The maximum Gasteiger partial charge on any atom is 0.360 e. The van der Waals surface area contributed by atoms with Crippen LogP contribution in [-0.2, 0) is 22.4 Å². The molecule has 0 aliphatic heterocycles. The van der Waals surface area contributed by atoms with E-state index in [1.165, 1.54) is 197 Å². The molecule has 0 saturated carbocycles. The monoisotopic (exact) mass is 855 g/mol. The number of hydrogen-bond acceptors (Lipinski definition) is 5. The molecule has 59 heavy (non-hydrogen) atoms. The zero-order valence-corrected chi connectivity index (χ0v) is 40.5. The first-order valence-electron chi connectivity index (χ1n) is 25.3. The van der Waals surface area contributed by atoms with E-state index in [0.29, 0.717) is 13.0 Å². The second-order valence-corrected chi connectivity index (χ2v) is 20.3. The Hall–Kier alpha value is -1.71. The Bertz CT molecular complexity index is 1160. The van der Waals surface area contributed by atoms with Crippen LogP contribution in [0.3, 0.4) is 0 Å². The van der Waals surface area contributed by atoms with Gasteiger partial charge in [0.25, 0.3) is 0 Å². The number of aryl methyl sites for hydroxylation is 2. The minimum atomic E-state index is -1.18. The quantitative estimate of drug-likeness (QED) is 0.0378. The lowest BCUT2D eigenvalue weighted by Crippen LogP contribution is -2.05. The van der Waals surface area contributed by atoms with Crippen molar-refractivity contribution >= 4 is 24.9 Å². The van der Waals surface area contributed by atoms with Crippen LogP contribution >= 0.6 is 19.0 Å². The Kier molecular flexibility index (Phi) is 36.6. The van der Waals surface area contributed by atoms with Gasteiger partial charge < -0.3 is 13.8 Å². The predicted octanol–water partition coefficient (Wildman–Crippen LogP) is 18.7. The number of unbranched alkanes of at least 4 members (excludes halogenated alkanes) is 28. The molecule has 338 valence electrons. The number of carbonyl (C=O) groups excluding carboxylic acids is 1. The fraction of sp³-hybridized carbons (Fsp3) is 0.755. The maximum absolute atomic E-state index is 12.1. The van der Waals surface area contributed by atoms with Gasteiger partial charge in [-0.05, 0) is 79.6 Å². The molecule has 0 heterocycles. The van der Waals surface area contributed by atoms with Crippen LogP contribution < -0.4 is 9.05 Å². The summed E-state index contributed by atoms with van der Waals surface area (Å²) in [5.41, 5.74) is 2.64. The first kappa shape index (κ1) is 53.4. The van der Waals surface area contributed by atoms with E-state index >= 15 is 0 Å². The van der Waals surface area contributed by atoms with Crippen molar-refractivity contribution in [3.63, 3.8) is 0 Å². The van der Waals surface area contributed by atoms with Gasteiger partial charge in [-0.2, -0.15) is 0 Å². The Morgan fingerprint density at radius 1 is 0.441 bits per heavy atom. The van der Waals surface area contributed by atoms with E-state index in [2.05, 4.69) is 69.3 Å². The van der Waals surface area contributed by atoms with Crippen LogP contribution in [0.1, 0.15) is 244 Å². The van der Waals surface area contributed by atoms with Crippen molar-refractivity contribution in [3.8, 4) is 11.5 Å². The van der Waals surface area contributed by atoms with E-state index in [0.717, 1.165) is 49.4 Å². The number of carbonyl (C=O) groups is 1. The molecule has 0 radical (unpaired) electrons. The molecular weight excluding hydrogens is 764 g/mol. The molecule has 0 spiro atoms. The van der Waals surface area contributed by atoms with Gasteiger partial charge in [-0.25, -0.2) is 0 Å². The van der Waals surface area contributed by atoms with E-state index in [1.54, 1.807) is 0 Å². The van der Waals surface area contributed by atoms with Gasteiger partial charge in [0.05, 0.1) is 6.61 Å². The first-order chi connectivity index (χ1) is 29.2. The molecule has 4 nitrogen and oxygen atoms in total. The third-order valence-electron chi connectivity index (χ3n) is 11.6. The highest BCUT2D eigenvalue weighted by Gasteiger charge is 2.20. The van der Waals surface area contributed by atoms with Crippen LogP contribution in [0.5, 0.6) is 11.5 Å². The summed E-state index contributed by atoms with van der Waals surface area (Å²) in [6.45, 7) is 7.45. The van der Waals surface area contributed by atoms with Crippen LogP contribution in [0.2, 0.25) is 0 Å². The first-order valence-corrected chi connectivity index (χ1v) is 28.0. The van der Waals surface area contributed by atoms with E-state index < -0.39 is 7.58 Å². The van der Waals surface area contributed by atoms with Gasteiger partial charge in [0.15, 0.2) is 0 Å². The number of hydrogen-bond donors (Lipinski definition) is 0. The molecule has 2 rings (SSSR count). The molecule has 0 amide bonds. The Morgan fingerprint density at radius 3 is 1.24 bits per heavy atom. The van der Waals surface area contributed by atoms with Gasteiger partial charge in [-0.15, -0.1) is 0 Å². The average Bonchev–Trinajstić information content (AvgIpc) is 3.25. The molecule has 2 aromatic rings. The molecule has 0 aromatic heterocycles. The normalized spacial score (nSPS) is 11.4. The molecule has 0 bridgehead atoms. The molecule has 0 aliphatic carbocycles. The van der Waals surface area contributed by atoms with Crippen LogP contribution in [0.4, 0.5) is 0 Å². The predicted molar refractivity (Wildman–Crippen MR) is 261 cm³/mol. The summed E-state index contributed by atoms with van der Waals surface area (Å²) in [5, 5.41) is 0. The van der Waals surface area contributed by atoms with Gasteiger partial charge in [-0.1, -0.05) is 231 Å². The van der Waals surface area contributed by atoms with Crippen molar-refractivity contribution in [2.75, 3.05) is 12.4 Å². The standard InChI is InChI=1S/C53H91O4PS/c1-4-7-10-13-16-21-26-31-40-49-42-34-36-44-51(49)56-58(57-52-45-37-35-43-50(52)41-32-27-22-17-14-11-8-5-2)59-48-39-30-25-20-19-23-28-33-46-53(54)55-47-38-29-24-18-15-12-9-6-3/h34-37,42-45H,4-33,38-41,46-48H2,1-3H3. The molecular formula is C53H91O4PS. The molecule has 0 unspecified atom stereocenters. The lowest BCUT2D eigenvalue weighted by molar-refractivity contribution is -0.143. The smallest absolute Gasteiger partial charge is 0.360 e. The largest absolute Gasteiger partial charge is 0.466 e. The third kappa shape index (κ3) is 30.9. The number of ether oxygens (including phenoxy) is 1. The minimum absolute atomic E-state index is 0.00247. The second-order valence-electron chi connectivity index (χ2n) is 17.2. The van der Waals surface area contributed by atoms with Crippen molar-refractivity contribution < 1.29 is 18.6 Å².